The monoisotopic (exact) mass is 318 g/mol. The second kappa shape index (κ2) is 8.11. The molecule has 1 aliphatic rings. The first-order valence-electron chi connectivity index (χ1n) is 8.29. The fourth-order valence-corrected chi connectivity index (χ4v) is 2.89. The van der Waals surface area contributed by atoms with Gasteiger partial charge in [0, 0.05) is 37.4 Å². The number of likely N-dealkylation sites (tertiary alicyclic amines) is 1. The Kier molecular flexibility index (Phi) is 6.16. The molecule has 1 fully saturated rings. The van der Waals surface area contributed by atoms with E-state index in [1.165, 1.54) is 0 Å². The summed E-state index contributed by atoms with van der Waals surface area (Å²) in [6.45, 7) is 5.43. The average Bonchev–Trinajstić information content (AvgIpc) is 2.53. The van der Waals surface area contributed by atoms with Crippen molar-refractivity contribution >= 4 is 17.5 Å². The molecule has 5 heteroatoms. The molecule has 1 saturated heterocycles. The number of piperidine rings is 1. The number of nitrogens with zero attached hydrogens (tertiary/aromatic N) is 1. The predicted octanol–water partition coefficient (Wildman–Crippen LogP) is 2.52. The van der Waals surface area contributed by atoms with Gasteiger partial charge in [-0.15, -0.1) is 0 Å². The van der Waals surface area contributed by atoms with Gasteiger partial charge >= 0.3 is 0 Å². The van der Waals surface area contributed by atoms with Gasteiger partial charge in [0.05, 0.1) is 0 Å². The lowest BCUT2D eigenvalue weighted by Gasteiger charge is -2.32. The molecule has 0 aliphatic carbocycles. The molecule has 23 heavy (non-hydrogen) atoms. The van der Waals surface area contributed by atoms with Crippen molar-refractivity contribution in [2.24, 2.45) is 11.8 Å². The van der Waals surface area contributed by atoms with Crippen molar-refractivity contribution in [3.8, 4) is 0 Å². The Bertz CT molecular complexity index is 557. The highest BCUT2D eigenvalue weighted by Crippen LogP contribution is 2.20. The predicted molar refractivity (Wildman–Crippen MR) is 90.2 cm³/mol. The Morgan fingerprint density at radius 2 is 2.17 bits per heavy atom. The van der Waals surface area contributed by atoms with Gasteiger partial charge in [-0.1, -0.05) is 19.9 Å². The van der Waals surface area contributed by atoms with E-state index >= 15 is 0 Å². The van der Waals surface area contributed by atoms with Crippen molar-refractivity contribution in [3.63, 3.8) is 0 Å². The summed E-state index contributed by atoms with van der Waals surface area (Å²) in [6, 6.07) is 7.07. The summed E-state index contributed by atoms with van der Waals surface area (Å²) in [5, 5.41) is 12.1. The number of anilines is 1. The molecule has 0 saturated carbocycles. The minimum Gasteiger partial charge on any atom is -0.396 e. The van der Waals surface area contributed by atoms with Gasteiger partial charge in [0.2, 0.25) is 5.91 Å². The molecule has 2 rings (SSSR count). The van der Waals surface area contributed by atoms with Gasteiger partial charge in [-0.05, 0) is 42.9 Å². The third-order valence-electron chi connectivity index (χ3n) is 4.05. The van der Waals surface area contributed by atoms with Crippen LogP contribution in [0.5, 0.6) is 0 Å². The number of carbonyl (C=O) groups is 2. The second-order valence-electron chi connectivity index (χ2n) is 6.67. The molecular weight excluding hydrogens is 292 g/mol. The molecule has 1 unspecified atom stereocenters. The highest BCUT2D eigenvalue weighted by molar-refractivity contribution is 5.97. The minimum absolute atomic E-state index is 0.0388. The normalized spacial score (nSPS) is 18.1. The van der Waals surface area contributed by atoms with E-state index in [0.29, 0.717) is 30.1 Å². The Morgan fingerprint density at radius 3 is 2.87 bits per heavy atom. The Hall–Kier alpha value is -1.88. The smallest absolute Gasteiger partial charge is 0.253 e. The maximum absolute atomic E-state index is 12.6. The van der Waals surface area contributed by atoms with Crippen molar-refractivity contribution in [1.29, 1.82) is 0 Å². The number of benzene rings is 1. The van der Waals surface area contributed by atoms with Crippen LogP contribution in [0.4, 0.5) is 5.69 Å². The summed E-state index contributed by atoms with van der Waals surface area (Å²) >= 11 is 0. The summed E-state index contributed by atoms with van der Waals surface area (Å²) in [6.07, 6.45) is 2.34. The molecule has 1 aromatic carbocycles. The van der Waals surface area contributed by atoms with Crippen LogP contribution >= 0.6 is 0 Å². The summed E-state index contributed by atoms with van der Waals surface area (Å²) in [5.74, 6) is 0.385. The molecule has 1 aromatic rings. The summed E-state index contributed by atoms with van der Waals surface area (Å²) in [5.41, 5.74) is 1.23. The molecule has 1 atom stereocenters. The zero-order valence-electron chi connectivity index (χ0n) is 13.9. The third kappa shape index (κ3) is 5.06. The van der Waals surface area contributed by atoms with Crippen molar-refractivity contribution < 1.29 is 14.7 Å². The Balaban J connectivity index is 2.03. The van der Waals surface area contributed by atoms with E-state index in [-0.39, 0.29) is 24.3 Å². The van der Waals surface area contributed by atoms with Gasteiger partial charge in [0.15, 0.2) is 0 Å². The molecule has 1 heterocycles. The van der Waals surface area contributed by atoms with E-state index in [1.54, 1.807) is 29.2 Å². The average molecular weight is 318 g/mol. The lowest BCUT2D eigenvalue weighted by atomic mass is 9.98. The fourth-order valence-electron chi connectivity index (χ4n) is 2.89. The van der Waals surface area contributed by atoms with Crippen LogP contribution in [0.2, 0.25) is 0 Å². The lowest BCUT2D eigenvalue weighted by molar-refractivity contribution is -0.116. The topological polar surface area (TPSA) is 69.6 Å². The first-order chi connectivity index (χ1) is 11.0. The lowest BCUT2D eigenvalue weighted by Crippen LogP contribution is -2.40. The van der Waals surface area contributed by atoms with E-state index < -0.39 is 0 Å². The van der Waals surface area contributed by atoms with E-state index in [9.17, 15) is 14.7 Å². The second-order valence-corrected chi connectivity index (χ2v) is 6.67. The number of rotatable bonds is 5. The molecule has 126 valence electrons. The molecule has 0 bridgehead atoms. The van der Waals surface area contributed by atoms with Crippen LogP contribution < -0.4 is 5.32 Å². The summed E-state index contributed by atoms with van der Waals surface area (Å²) in [7, 11) is 0. The number of hydrogen-bond donors (Lipinski definition) is 2. The molecular formula is C18H26N2O3. The maximum Gasteiger partial charge on any atom is 0.253 e. The van der Waals surface area contributed by atoms with Gasteiger partial charge in [0.25, 0.3) is 5.91 Å². The van der Waals surface area contributed by atoms with Crippen molar-refractivity contribution in [1.82, 2.24) is 4.90 Å². The minimum atomic E-state index is -0.0390. The maximum atomic E-state index is 12.6. The van der Waals surface area contributed by atoms with Crippen LogP contribution in [0.3, 0.4) is 0 Å². The molecule has 0 spiro atoms. The Labute approximate surface area is 137 Å². The highest BCUT2D eigenvalue weighted by Gasteiger charge is 2.24. The zero-order valence-corrected chi connectivity index (χ0v) is 13.9. The molecule has 0 radical (unpaired) electrons. The summed E-state index contributed by atoms with van der Waals surface area (Å²) in [4.78, 5) is 26.3. The molecule has 2 N–H and O–H groups in total. The van der Waals surface area contributed by atoms with E-state index in [2.05, 4.69) is 5.32 Å². The number of nitrogens with one attached hydrogen (secondary N) is 1. The highest BCUT2D eigenvalue weighted by atomic mass is 16.3. The quantitative estimate of drug-likeness (QED) is 0.876. The first kappa shape index (κ1) is 17.5. The molecule has 5 nitrogen and oxygen atoms in total. The summed E-state index contributed by atoms with van der Waals surface area (Å²) < 4.78 is 0. The zero-order chi connectivity index (χ0) is 16.8. The van der Waals surface area contributed by atoms with Crippen LogP contribution in [0.25, 0.3) is 0 Å². The van der Waals surface area contributed by atoms with Gasteiger partial charge in [0.1, 0.15) is 0 Å². The standard InChI is InChI=1S/C18H26N2O3/c1-13(2)9-17(22)19-16-7-3-6-15(10-16)18(23)20-8-4-5-14(11-20)12-21/h3,6-7,10,13-14,21H,4-5,8-9,11-12H2,1-2H3,(H,19,22). The Morgan fingerprint density at radius 1 is 1.39 bits per heavy atom. The van der Waals surface area contributed by atoms with Crippen molar-refractivity contribution in [2.75, 3.05) is 25.0 Å². The molecule has 2 amide bonds. The van der Waals surface area contributed by atoms with E-state index in [4.69, 9.17) is 0 Å². The van der Waals surface area contributed by atoms with Crippen LogP contribution in [0.15, 0.2) is 24.3 Å². The number of aliphatic hydroxyl groups is 1. The van der Waals surface area contributed by atoms with E-state index in [1.807, 2.05) is 13.8 Å². The van der Waals surface area contributed by atoms with Crippen molar-refractivity contribution in [3.05, 3.63) is 29.8 Å². The van der Waals surface area contributed by atoms with Gasteiger partial charge in [-0.25, -0.2) is 0 Å². The van der Waals surface area contributed by atoms with Crippen molar-refractivity contribution in [2.45, 2.75) is 33.1 Å². The van der Waals surface area contributed by atoms with Gasteiger partial charge < -0.3 is 15.3 Å². The molecule has 0 aromatic heterocycles. The third-order valence-corrected chi connectivity index (χ3v) is 4.05. The van der Waals surface area contributed by atoms with Crippen LogP contribution in [-0.2, 0) is 4.79 Å². The van der Waals surface area contributed by atoms with Gasteiger partial charge in [-0.2, -0.15) is 0 Å². The van der Waals surface area contributed by atoms with Crippen LogP contribution in [0, 0.1) is 11.8 Å². The molecule has 1 aliphatic heterocycles. The van der Waals surface area contributed by atoms with E-state index in [0.717, 1.165) is 19.4 Å². The number of carbonyl (C=O) groups excluding carboxylic acids is 2. The van der Waals surface area contributed by atoms with Gasteiger partial charge in [-0.3, -0.25) is 9.59 Å². The number of hydrogen-bond acceptors (Lipinski definition) is 3. The largest absolute Gasteiger partial charge is 0.396 e. The fraction of sp³-hybridized carbons (Fsp3) is 0.556. The number of amides is 2. The van der Waals surface area contributed by atoms with Crippen LogP contribution in [0.1, 0.15) is 43.5 Å². The first-order valence-corrected chi connectivity index (χ1v) is 8.29. The SMILES string of the molecule is CC(C)CC(=O)Nc1cccc(C(=O)N2CCCC(CO)C2)c1. The number of aliphatic hydroxyl groups excluding tert-OH is 1. The van der Waals surface area contributed by atoms with Crippen LogP contribution in [-0.4, -0.2) is 41.5 Å².